The molecule has 2 rings (SSSR count). The van der Waals surface area contributed by atoms with Crippen LogP contribution in [0.2, 0.25) is 0 Å². The summed E-state index contributed by atoms with van der Waals surface area (Å²) < 4.78 is 5.33. The first-order valence-corrected chi connectivity index (χ1v) is 6.50. The van der Waals surface area contributed by atoms with Gasteiger partial charge in [-0.3, -0.25) is 0 Å². The Bertz CT molecular complexity index is 299. The maximum atomic E-state index is 11.7. The Balaban J connectivity index is 1.70. The molecule has 1 saturated carbocycles. The normalized spacial score (nSPS) is 23.2. The number of nitrogens with one attached hydrogen (secondary N) is 1. The molecular formula is C13H24N2O2. The maximum absolute atomic E-state index is 11.7. The quantitative estimate of drug-likeness (QED) is 0.820. The molecule has 4 nitrogen and oxygen atoms in total. The number of hydrogen-bond donors (Lipinski definition) is 1. The van der Waals surface area contributed by atoms with Gasteiger partial charge in [-0.25, -0.2) is 4.79 Å². The average Bonchev–Trinajstić information content (AvgIpc) is 2.88. The van der Waals surface area contributed by atoms with E-state index in [1.54, 1.807) is 0 Å². The smallest absolute Gasteiger partial charge is 0.410 e. The molecule has 0 spiro atoms. The molecule has 0 radical (unpaired) electrons. The second-order valence-corrected chi connectivity index (χ2v) is 6.49. The summed E-state index contributed by atoms with van der Waals surface area (Å²) in [5, 5.41) is 3.40. The second kappa shape index (κ2) is 4.16. The number of carbonyl (C=O) groups excluding carboxylic acids is 1. The molecule has 0 aromatic heterocycles. The highest BCUT2D eigenvalue weighted by molar-refractivity contribution is 5.69. The van der Waals surface area contributed by atoms with Crippen LogP contribution in [-0.4, -0.2) is 42.3 Å². The van der Waals surface area contributed by atoms with Gasteiger partial charge in [-0.15, -0.1) is 0 Å². The number of rotatable bonds is 3. The lowest BCUT2D eigenvalue weighted by molar-refractivity contribution is -0.00395. The minimum absolute atomic E-state index is 0.164. The lowest BCUT2D eigenvalue weighted by Crippen LogP contribution is -2.53. The number of amides is 1. The van der Waals surface area contributed by atoms with Crippen LogP contribution in [0.3, 0.4) is 0 Å². The van der Waals surface area contributed by atoms with Gasteiger partial charge in [0.1, 0.15) is 5.60 Å². The Morgan fingerprint density at radius 3 is 2.41 bits per heavy atom. The Labute approximate surface area is 104 Å². The summed E-state index contributed by atoms with van der Waals surface area (Å²) in [6.45, 7) is 7.43. The lowest BCUT2D eigenvalue weighted by Gasteiger charge is -2.41. The molecule has 1 aliphatic heterocycles. The molecule has 0 aromatic carbocycles. The third-order valence-electron chi connectivity index (χ3n) is 3.67. The topological polar surface area (TPSA) is 41.6 Å². The van der Waals surface area contributed by atoms with Crippen molar-refractivity contribution < 1.29 is 9.53 Å². The molecule has 0 atom stereocenters. The second-order valence-electron chi connectivity index (χ2n) is 6.49. The number of hydrogen-bond acceptors (Lipinski definition) is 3. The molecule has 2 aliphatic rings. The summed E-state index contributed by atoms with van der Waals surface area (Å²) in [6, 6.07) is 0. The van der Waals surface area contributed by atoms with E-state index in [9.17, 15) is 4.79 Å². The molecule has 4 heteroatoms. The first kappa shape index (κ1) is 12.7. The Kier molecular flexibility index (Phi) is 3.10. The van der Waals surface area contributed by atoms with Gasteiger partial charge in [-0.2, -0.15) is 0 Å². The van der Waals surface area contributed by atoms with Crippen molar-refractivity contribution in [1.29, 1.82) is 0 Å². The summed E-state index contributed by atoms with van der Waals surface area (Å²) in [5.74, 6) is 0.650. The van der Waals surface area contributed by atoms with Crippen LogP contribution in [0.1, 0.15) is 40.0 Å². The zero-order chi connectivity index (χ0) is 12.7. The predicted octanol–water partition coefficient (Wildman–Crippen LogP) is 2.00. The van der Waals surface area contributed by atoms with Crippen LogP contribution in [0.25, 0.3) is 0 Å². The monoisotopic (exact) mass is 240 g/mol. The van der Waals surface area contributed by atoms with Crippen molar-refractivity contribution in [2.75, 3.05) is 20.1 Å². The van der Waals surface area contributed by atoms with Gasteiger partial charge >= 0.3 is 6.09 Å². The van der Waals surface area contributed by atoms with Crippen molar-refractivity contribution in [2.24, 2.45) is 5.92 Å². The molecule has 1 amide bonds. The van der Waals surface area contributed by atoms with Crippen LogP contribution in [0.15, 0.2) is 0 Å². The van der Waals surface area contributed by atoms with E-state index in [2.05, 4.69) is 5.32 Å². The van der Waals surface area contributed by atoms with Gasteiger partial charge in [0.2, 0.25) is 0 Å². The summed E-state index contributed by atoms with van der Waals surface area (Å²) in [6.07, 6.45) is 3.60. The van der Waals surface area contributed by atoms with Crippen molar-refractivity contribution in [3.63, 3.8) is 0 Å². The van der Waals surface area contributed by atoms with Gasteiger partial charge in [0.15, 0.2) is 0 Å². The first-order valence-electron chi connectivity index (χ1n) is 6.50. The van der Waals surface area contributed by atoms with E-state index < -0.39 is 0 Å². The Morgan fingerprint density at radius 2 is 2.00 bits per heavy atom. The highest BCUT2D eigenvalue weighted by Crippen LogP contribution is 2.42. The predicted molar refractivity (Wildman–Crippen MR) is 66.9 cm³/mol. The van der Waals surface area contributed by atoms with Gasteiger partial charge in [0.25, 0.3) is 0 Å². The van der Waals surface area contributed by atoms with Crippen LogP contribution in [0, 0.1) is 5.92 Å². The fraction of sp³-hybridized carbons (Fsp3) is 0.923. The van der Waals surface area contributed by atoms with Crippen LogP contribution < -0.4 is 5.32 Å². The van der Waals surface area contributed by atoms with Gasteiger partial charge in [-0.1, -0.05) is 0 Å². The molecule has 1 heterocycles. The summed E-state index contributed by atoms with van der Waals surface area (Å²) >= 11 is 0. The van der Waals surface area contributed by atoms with Crippen molar-refractivity contribution in [2.45, 2.75) is 51.2 Å². The van der Waals surface area contributed by atoms with Gasteiger partial charge < -0.3 is 15.0 Å². The summed E-state index contributed by atoms with van der Waals surface area (Å²) in [7, 11) is 2.04. The third kappa shape index (κ3) is 3.12. The van der Waals surface area contributed by atoms with Gasteiger partial charge in [0, 0.05) is 18.6 Å². The van der Waals surface area contributed by atoms with Crippen molar-refractivity contribution >= 4 is 6.09 Å². The average molecular weight is 240 g/mol. The minimum Gasteiger partial charge on any atom is -0.444 e. The van der Waals surface area contributed by atoms with E-state index in [0.29, 0.717) is 11.5 Å². The van der Waals surface area contributed by atoms with Crippen molar-refractivity contribution in [1.82, 2.24) is 10.2 Å². The molecule has 1 aliphatic carbocycles. The van der Waals surface area contributed by atoms with Gasteiger partial charge in [0.05, 0.1) is 0 Å². The number of ether oxygens (including phenoxy) is 1. The summed E-state index contributed by atoms with van der Waals surface area (Å²) in [5.41, 5.74) is 0.00947. The molecule has 98 valence electrons. The third-order valence-corrected chi connectivity index (χ3v) is 3.67. The summed E-state index contributed by atoms with van der Waals surface area (Å²) in [4.78, 5) is 13.5. The van der Waals surface area contributed by atoms with Gasteiger partial charge in [-0.05, 0) is 53.0 Å². The largest absolute Gasteiger partial charge is 0.444 e. The molecule has 17 heavy (non-hydrogen) atoms. The SMILES string of the molecule is CNC1(CC2CN(C(=O)OC(C)(C)C)C2)CC1. The van der Waals surface area contributed by atoms with Crippen LogP contribution in [0.5, 0.6) is 0 Å². The molecule has 2 fully saturated rings. The highest BCUT2D eigenvalue weighted by Gasteiger charge is 2.46. The van der Waals surface area contributed by atoms with E-state index in [4.69, 9.17) is 4.74 Å². The number of carbonyl (C=O) groups is 1. The molecule has 0 bridgehead atoms. The van der Waals surface area contributed by atoms with Crippen molar-refractivity contribution in [3.05, 3.63) is 0 Å². The highest BCUT2D eigenvalue weighted by atomic mass is 16.6. The number of nitrogens with zero attached hydrogens (tertiary/aromatic N) is 1. The minimum atomic E-state index is -0.384. The maximum Gasteiger partial charge on any atom is 0.410 e. The molecule has 1 saturated heterocycles. The zero-order valence-corrected chi connectivity index (χ0v) is 11.4. The number of likely N-dealkylation sites (tertiary alicyclic amines) is 1. The first-order chi connectivity index (χ1) is 7.84. The van der Waals surface area contributed by atoms with E-state index >= 15 is 0 Å². The van der Waals surface area contributed by atoms with Crippen LogP contribution in [-0.2, 0) is 4.74 Å². The zero-order valence-electron chi connectivity index (χ0n) is 11.4. The lowest BCUT2D eigenvalue weighted by atomic mass is 9.91. The molecule has 0 aromatic rings. The Hall–Kier alpha value is -0.770. The van der Waals surface area contributed by atoms with E-state index in [-0.39, 0.29) is 11.7 Å². The molecule has 0 unspecified atom stereocenters. The fourth-order valence-electron chi connectivity index (χ4n) is 2.43. The van der Waals surface area contributed by atoms with E-state index in [1.807, 2.05) is 32.7 Å². The standard InChI is InChI=1S/C13H24N2O2/c1-12(2,3)17-11(16)15-8-10(9-15)7-13(14-4)5-6-13/h10,14H,5-9H2,1-4H3. The van der Waals surface area contributed by atoms with Crippen LogP contribution in [0.4, 0.5) is 4.79 Å². The Morgan fingerprint density at radius 1 is 1.41 bits per heavy atom. The van der Waals surface area contributed by atoms with Crippen molar-refractivity contribution in [3.8, 4) is 0 Å². The molecular weight excluding hydrogens is 216 g/mol. The fourth-order valence-corrected chi connectivity index (χ4v) is 2.43. The van der Waals surface area contributed by atoms with E-state index in [1.165, 1.54) is 19.3 Å². The van der Waals surface area contributed by atoms with E-state index in [0.717, 1.165) is 13.1 Å². The van der Waals surface area contributed by atoms with Crippen LogP contribution >= 0.6 is 0 Å². The molecule has 1 N–H and O–H groups in total.